The number of hydrogen-bond acceptors (Lipinski definition) is 7. The van der Waals surface area contributed by atoms with Gasteiger partial charge in [0.1, 0.15) is 11.8 Å². The molecule has 1 aromatic carbocycles. The predicted molar refractivity (Wildman–Crippen MR) is 101 cm³/mol. The highest BCUT2D eigenvalue weighted by molar-refractivity contribution is 6.08. The molecule has 8 nitrogen and oxygen atoms in total. The number of hydrogen-bond donors (Lipinski definition) is 1. The third-order valence-electron chi connectivity index (χ3n) is 4.90. The second kappa shape index (κ2) is 8.39. The van der Waals surface area contributed by atoms with E-state index >= 15 is 0 Å². The lowest BCUT2D eigenvalue weighted by atomic mass is 9.91. The Labute approximate surface area is 159 Å². The number of nitrogens with one attached hydrogen (secondary N) is 1. The zero-order valence-corrected chi connectivity index (χ0v) is 16.0. The molecule has 1 amide bonds. The topological polar surface area (TPSA) is 83.5 Å². The molecule has 2 atom stereocenters. The minimum absolute atomic E-state index is 0.215. The van der Waals surface area contributed by atoms with Crippen LogP contribution in [0, 0.1) is 5.92 Å². The minimum atomic E-state index is -1.01. The largest absolute Gasteiger partial charge is 0.497 e. The summed E-state index contributed by atoms with van der Waals surface area (Å²) in [6.07, 6.45) is 0. The Morgan fingerprint density at radius 1 is 1.22 bits per heavy atom. The lowest BCUT2D eigenvalue weighted by Gasteiger charge is -2.37. The highest BCUT2D eigenvalue weighted by Crippen LogP contribution is 2.32. The number of rotatable bonds is 4. The van der Waals surface area contributed by atoms with Crippen LogP contribution in [0.15, 0.2) is 29.3 Å². The van der Waals surface area contributed by atoms with Crippen LogP contribution in [0.5, 0.6) is 5.75 Å². The molecule has 2 heterocycles. The van der Waals surface area contributed by atoms with Crippen LogP contribution in [0.2, 0.25) is 0 Å². The number of guanidine groups is 1. The van der Waals surface area contributed by atoms with Crippen LogP contribution < -0.4 is 10.1 Å². The number of piperazine rings is 1. The molecule has 1 fully saturated rings. The quantitative estimate of drug-likeness (QED) is 0.615. The fourth-order valence-corrected chi connectivity index (χ4v) is 3.28. The van der Waals surface area contributed by atoms with E-state index in [0.717, 1.165) is 31.7 Å². The van der Waals surface area contributed by atoms with Gasteiger partial charge in [-0.05, 0) is 31.7 Å². The van der Waals surface area contributed by atoms with Crippen molar-refractivity contribution in [1.82, 2.24) is 15.1 Å². The van der Waals surface area contributed by atoms with Gasteiger partial charge in [0.05, 0.1) is 13.7 Å². The second-order valence-corrected chi connectivity index (χ2v) is 6.68. The van der Waals surface area contributed by atoms with E-state index in [1.807, 2.05) is 12.1 Å². The molecule has 1 aromatic rings. The molecular formula is C19H26N4O4. The Morgan fingerprint density at radius 2 is 1.89 bits per heavy atom. The van der Waals surface area contributed by atoms with Gasteiger partial charge in [-0.15, -0.1) is 0 Å². The zero-order valence-electron chi connectivity index (χ0n) is 16.0. The number of amides is 1. The van der Waals surface area contributed by atoms with Crippen molar-refractivity contribution in [3.8, 4) is 5.75 Å². The Balaban J connectivity index is 1.93. The van der Waals surface area contributed by atoms with Gasteiger partial charge in [0.2, 0.25) is 11.9 Å². The molecule has 0 aliphatic carbocycles. The molecule has 0 aromatic heterocycles. The Morgan fingerprint density at radius 3 is 2.48 bits per heavy atom. The molecular weight excluding hydrogens is 348 g/mol. The van der Waals surface area contributed by atoms with E-state index in [9.17, 15) is 9.59 Å². The first-order valence-corrected chi connectivity index (χ1v) is 9.16. The fourth-order valence-electron chi connectivity index (χ4n) is 3.28. The van der Waals surface area contributed by atoms with Crippen LogP contribution in [0.3, 0.4) is 0 Å². The van der Waals surface area contributed by atoms with Crippen molar-refractivity contribution in [2.24, 2.45) is 10.9 Å². The summed E-state index contributed by atoms with van der Waals surface area (Å²) in [5, 5.41) is 2.81. The molecule has 146 valence electrons. The highest BCUT2D eigenvalue weighted by atomic mass is 16.5. The standard InChI is InChI=1S/C19H26N4O4/c1-4-27-18(25)15-16(13-5-7-14(26-3)8-6-13)20-19(21-17(15)24)23-11-9-22(2)10-12-23/h5-8,15-16H,4,9-12H2,1-3H3,(H,20,21,24)/t15-,16+/m1/s1. The van der Waals surface area contributed by atoms with Gasteiger partial charge < -0.3 is 19.3 Å². The summed E-state index contributed by atoms with van der Waals surface area (Å²) in [5.74, 6) is -0.714. The van der Waals surface area contributed by atoms with E-state index < -0.39 is 17.9 Å². The molecule has 1 N–H and O–H groups in total. The van der Waals surface area contributed by atoms with E-state index in [1.165, 1.54) is 0 Å². The van der Waals surface area contributed by atoms with Crippen LogP contribution in [0.25, 0.3) is 0 Å². The lowest BCUT2D eigenvalue weighted by molar-refractivity contribution is -0.153. The number of carbonyl (C=O) groups is 2. The third kappa shape index (κ3) is 4.21. The molecule has 0 spiro atoms. The van der Waals surface area contributed by atoms with Crippen molar-refractivity contribution in [1.29, 1.82) is 0 Å². The number of nitrogens with zero attached hydrogens (tertiary/aromatic N) is 3. The summed E-state index contributed by atoms with van der Waals surface area (Å²) in [6, 6.07) is 6.64. The second-order valence-electron chi connectivity index (χ2n) is 6.68. The van der Waals surface area contributed by atoms with Gasteiger partial charge >= 0.3 is 5.97 Å². The first-order valence-electron chi connectivity index (χ1n) is 9.16. The van der Waals surface area contributed by atoms with Crippen LogP contribution in [-0.4, -0.2) is 74.6 Å². The summed E-state index contributed by atoms with van der Waals surface area (Å²) < 4.78 is 10.3. The van der Waals surface area contributed by atoms with Crippen molar-refractivity contribution in [2.75, 3.05) is 46.9 Å². The monoisotopic (exact) mass is 374 g/mol. The van der Waals surface area contributed by atoms with E-state index in [1.54, 1.807) is 26.2 Å². The van der Waals surface area contributed by atoms with E-state index in [-0.39, 0.29) is 12.5 Å². The number of esters is 1. The maximum atomic E-state index is 12.8. The zero-order chi connectivity index (χ0) is 19.4. The summed E-state index contributed by atoms with van der Waals surface area (Å²) in [6.45, 7) is 5.27. The van der Waals surface area contributed by atoms with Crippen LogP contribution in [-0.2, 0) is 14.3 Å². The van der Waals surface area contributed by atoms with Gasteiger partial charge in [0, 0.05) is 26.2 Å². The van der Waals surface area contributed by atoms with Gasteiger partial charge in [-0.3, -0.25) is 14.9 Å². The molecule has 8 heteroatoms. The van der Waals surface area contributed by atoms with Crippen molar-refractivity contribution < 1.29 is 19.1 Å². The van der Waals surface area contributed by atoms with Crippen molar-refractivity contribution in [3.63, 3.8) is 0 Å². The molecule has 27 heavy (non-hydrogen) atoms. The summed E-state index contributed by atoms with van der Waals surface area (Å²) >= 11 is 0. The summed E-state index contributed by atoms with van der Waals surface area (Å²) in [4.78, 5) is 34.2. The molecule has 0 radical (unpaired) electrons. The van der Waals surface area contributed by atoms with Crippen molar-refractivity contribution in [2.45, 2.75) is 13.0 Å². The number of ether oxygens (including phenoxy) is 2. The number of benzene rings is 1. The Bertz CT molecular complexity index is 711. The number of likely N-dealkylation sites (N-methyl/N-ethyl adjacent to an activating group) is 1. The number of aliphatic imine (C=N–C) groups is 1. The molecule has 3 rings (SSSR count). The SMILES string of the molecule is CCOC(=O)[C@H]1C(=O)NC(N2CCN(C)CC2)=N[C@H]1c1ccc(OC)cc1. The fraction of sp³-hybridized carbons (Fsp3) is 0.526. The van der Waals surface area contributed by atoms with Crippen molar-refractivity contribution in [3.05, 3.63) is 29.8 Å². The first-order chi connectivity index (χ1) is 13.0. The molecule has 0 bridgehead atoms. The molecule has 2 aliphatic heterocycles. The van der Waals surface area contributed by atoms with Crippen LogP contribution in [0.4, 0.5) is 0 Å². The predicted octanol–water partition coefficient (Wildman–Crippen LogP) is 0.649. The summed E-state index contributed by atoms with van der Waals surface area (Å²) in [7, 11) is 3.66. The normalized spacial score (nSPS) is 23.4. The number of carbonyl (C=O) groups excluding carboxylic acids is 2. The first kappa shape index (κ1) is 19.2. The van der Waals surface area contributed by atoms with Gasteiger partial charge in [0.15, 0.2) is 5.92 Å². The molecule has 2 aliphatic rings. The molecule has 1 saturated heterocycles. The highest BCUT2D eigenvalue weighted by Gasteiger charge is 2.42. The third-order valence-corrected chi connectivity index (χ3v) is 4.90. The van der Waals surface area contributed by atoms with Gasteiger partial charge in [-0.2, -0.15) is 0 Å². The van der Waals surface area contributed by atoms with Crippen LogP contribution >= 0.6 is 0 Å². The molecule has 0 saturated carbocycles. The lowest BCUT2D eigenvalue weighted by Crippen LogP contribution is -2.56. The molecule has 0 unspecified atom stereocenters. The van der Waals surface area contributed by atoms with Gasteiger partial charge in [-0.1, -0.05) is 12.1 Å². The van der Waals surface area contributed by atoms with Crippen molar-refractivity contribution >= 4 is 17.8 Å². The average Bonchev–Trinajstić information content (AvgIpc) is 2.68. The maximum Gasteiger partial charge on any atom is 0.321 e. The number of methoxy groups -OCH3 is 1. The minimum Gasteiger partial charge on any atom is -0.497 e. The average molecular weight is 374 g/mol. The van der Waals surface area contributed by atoms with Gasteiger partial charge in [-0.25, -0.2) is 4.99 Å². The Kier molecular flexibility index (Phi) is 5.95. The van der Waals surface area contributed by atoms with Crippen LogP contribution in [0.1, 0.15) is 18.5 Å². The van der Waals surface area contributed by atoms with E-state index in [4.69, 9.17) is 14.5 Å². The Hall–Kier alpha value is -2.61. The van der Waals surface area contributed by atoms with Gasteiger partial charge in [0.25, 0.3) is 0 Å². The van der Waals surface area contributed by atoms with E-state index in [0.29, 0.717) is 11.7 Å². The van der Waals surface area contributed by atoms with E-state index in [2.05, 4.69) is 22.2 Å². The summed E-state index contributed by atoms with van der Waals surface area (Å²) in [5.41, 5.74) is 0.773. The smallest absolute Gasteiger partial charge is 0.321 e. The maximum absolute atomic E-state index is 12.8.